The Kier molecular flexibility index (Phi) is 8.96. The fourth-order valence-corrected chi connectivity index (χ4v) is 2.80. The van der Waals surface area contributed by atoms with Gasteiger partial charge in [0.1, 0.15) is 5.75 Å². The molecule has 0 aliphatic heterocycles. The standard InChI is InChI=1S/C21H21Cl2NO5/c1-28-17-8-6-16(7-9-17)24-19(25)10-11-20(26)29-18(12-13-22)21(27)14-2-4-15(23)5-3-14/h2-9,18H,10-13H2,1H3,(H,24,25)/t18-/m0/s1. The Morgan fingerprint density at radius 1 is 1.00 bits per heavy atom. The van der Waals surface area contributed by atoms with E-state index >= 15 is 0 Å². The summed E-state index contributed by atoms with van der Waals surface area (Å²) in [4.78, 5) is 36.7. The Bertz CT molecular complexity index is 837. The fourth-order valence-electron chi connectivity index (χ4n) is 2.47. The zero-order valence-electron chi connectivity index (χ0n) is 15.8. The van der Waals surface area contributed by atoms with Crippen molar-refractivity contribution in [2.45, 2.75) is 25.4 Å². The highest BCUT2D eigenvalue weighted by Gasteiger charge is 2.24. The molecule has 154 valence electrons. The van der Waals surface area contributed by atoms with Crippen LogP contribution in [0.1, 0.15) is 29.6 Å². The van der Waals surface area contributed by atoms with Gasteiger partial charge in [-0.3, -0.25) is 14.4 Å². The van der Waals surface area contributed by atoms with Gasteiger partial charge in [0.25, 0.3) is 0 Å². The van der Waals surface area contributed by atoms with Gasteiger partial charge in [-0.1, -0.05) is 11.6 Å². The lowest BCUT2D eigenvalue weighted by Crippen LogP contribution is -2.28. The number of ketones is 1. The highest BCUT2D eigenvalue weighted by Crippen LogP contribution is 2.17. The van der Waals surface area contributed by atoms with Crippen LogP contribution in [-0.2, 0) is 14.3 Å². The van der Waals surface area contributed by atoms with Crippen molar-refractivity contribution in [2.75, 3.05) is 18.3 Å². The third kappa shape index (κ3) is 7.40. The molecule has 0 aliphatic carbocycles. The predicted molar refractivity (Wildman–Crippen MR) is 112 cm³/mol. The molecule has 1 atom stereocenters. The van der Waals surface area contributed by atoms with Gasteiger partial charge in [-0.2, -0.15) is 0 Å². The second-order valence-electron chi connectivity index (χ2n) is 6.10. The van der Waals surface area contributed by atoms with Crippen LogP contribution in [0.3, 0.4) is 0 Å². The lowest BCUT2D eigenvalue weighted by molar-refractivity contribution is -0.148. The lowest BCUT2D eigenvalue weighted by atomic mass is 10.0. The number of rotatable bonds is 10. The Balaban J connectivity index is 1.86. The summed E-state index contributed by atoms with van der Waals surface area (Å²) >= 11 is 11.6. The van der Waals surface area contributed by atoms with Gasteiger partial charge < -0.3 is 14.8 Å². The van der Waals surface area contributed by atoms with E-state index in [1.54, 1.807) is 55.6 Å². The quantitative estimate of drug-likeness (QED) is 0.336. The van der Waals surface area contributed by atoms with Gasteiger partial charge in [0.15, 0.2) is 6.10 Å². The fraction of sp³-hybridized carbons (Fsp3) is 0.286. The van der Waals surface area contributed by atoms with Crippen molar-refractivity contribution in [2.24, 2.45) is 0 Å². The molecule has 1 amide bonds. The average molecular weight is 438 g/mol. The van der Waals surface area contributed by atoms with Crippen LogP contribution in [-0.4, -0.2) is 36.8 Å². The summed E-state index contributed by atoms with van der Waals surface area (Å²) in [7, 11) is 1.55. The predicted octanol–water partition coefficient (Wildman–Crippen LogP) is 4.49. The molecule has 1 N–H and O–H groups in total. The summed E-state index contributed by atoms with van der Waals surface area (Å²) in [6.07, 6.45) is -1.07. The minimum atomic E-state index is -1.01. The van der Waals surface area contributed by atoms with Gasteiger partial charge in [0, 0.05) is 35.0 Å². The van der Waals surface area contributed by atoms with Crippen molar-refractivity contribution < 1.29 is 23.9 Å². The van der Waals surface area contributed by atoms with Crippen LogP contribution in [0.4, 0.5) is 5.69 Å². The number of halogens is 2. The van der Waals surface area contributed by atoms with Crippen molar-refractivity contribution in [3.8, 4) is 5.75 Å². The van der Waals surface area contributed by atoms with Crippen molar-refractivity contribution in [1.29, 1.82) is 0 Å². The zero-order chi connectivity index (χ0) is 21.2. The first-order valence-electron chi connectivity index (χ1n) is 8.92. The van der Waals surface area contributed by atoms with Gasteiger partial charge >= 0.3 is 5.97 Å². The van der Waals surface area contributed by atoms with Crippen LogP contribution < -0.4 is 10.1 Å². The Labute approximate surface area is 179 Å². The molecule has 0 saturated carbocycles. The molecular formula is C21H21Cl2NO5. The van der Waals surface area contributed by atoms with Gasteiger partial charge in [-0.25, -0.2) is 0 Å². The molecule has 2 aromatic carbocycles. The second kappa shape index (κ2) is 11.4. The maximum Gasteiger partial charge on any atom is 0.307 e. The summed E-state index contributed by atoms with van der Waals surface area (Å²) in [5, 5.41) is 3.17. The SMILES string of the molecule is COc1ccc(NC(=O)CCC(=O)O[C@@H](CCCl)C(=O)c2ccc(Cl)cc2)cc1. The Morgan fingerprint density at radius 2 is 1.66 bits per heavy atom. The first-order valence-corrected chi connectivity index (χ1v) is 9.83. The summed E-state index contributed by atoms with van der Waals surface area (Å²) in [5.41, 5.74) is 0.955. The number of hydrogen-bond donors (Lipinski definition) is 1. The van der Waals surface area contributed by atoms with E-state index in [2.05, 4.69) is 5.32 Å². The molecule has 0 aliphatic rings. The third-order valence-corrected chi connectivity index (χ3v) is 4.47. The van der Waals surface area contributed by atoms with Crippen LogP contribution >= 0.6 is 23.2 Å². The van der Waals surface area contributed by atoms with E-state index in [9.17, 15) is 14.4 Å². The number of methoxy groups -OCH3 is 1. The number of amides is 1. The molecule has 0 unspecified atom stereocenters. The molecule has 2 rings (SSSR count). The monoisotopic (exact) mass is 437 g/mol. The van der Waals surface area contributed by atoms with E-state index < -0.39 is 12.1 Å². The van der Waals surface area contributed by atoms with Crippen molar-refractivity contribution in [3.63, 3.8) is 0 Å². The van der Waals surface area contributed by atoms with Crippen LogP contribution in [0.5, 0.6) is 5.75 Å². The number of alkyl halides is 1. The molecule has 0 fully saturated rings. The molecule has 0 spiro atoms. The first-order chi connectivity index (χ1) is 13.9. The van der Waals surface area contributed by atoms with E-state index in [0.717, 1.165) is 0 Å². The number of carbonyl (C=O) groups is 3. The number of carbonyl (C=O) groups excluding carboxylic acids is 3. The van der Waals surface area contributed by atoms with E-state index in [4.69, 9.17) is 32.7 Å². The number of Topliss-reactive ketones (excluding diaryl/α,β-unsaturated/α-hetero) is 1. The summed E-state index contributed by atoms with van der Waals surface area (Å²) < 4.78 is 10.3. The summed E-state index contributed by atoms with van der Waals surface area (Å²) in [6, 6.07) is 13.1. The Morgan fingerprint density at radius 3 is 2.24 bits per heavy atom. The molecule has 29 heavy (non-hydrogen) atoms. The van der Waals surface area contributed by atoms with Crippen LogP contribution in [0, 0.1) is 0 Å². The molecule has 0 bridgehead atoms. The number of anilines is 1. The van der Waals surface area contributed by atoms with E-state index in [1.165, 1.54) is 0 Å². The van der Waals surface area contributed by atoms with Crippen molar-refractivity contribution >= 4 is 46.5 Å². The molecular weight excluding hydrogens is 417 g/mol. The topological polar surface area (TPSA) is 81.7 Å². The molecule has 2 aromatic rings. The molecule has 6 nitrogen and oxygen atoms in total. The minimum absolute atomic E-state index is 0.0758. The van der Waals surface area contributed by atoms with Crippen LogP contribution in [0.25, 0.3) is 0 Å². The molecule has 0 aromatic heterocycles. The second-order valence-corrected chi connectivity index (χ2v) is 6.92. The highest BCUT2D eigenvalue weighted by molar-refractivity contribution is 6.30. The molecule has 0 saturated heterocycles. The summed E-state index contributed by atoms with van der Waals surface area (Å²) in [6.45, 7) is 0. The normalized spacial score (nSPS) is 11.4. The number of hydrogen-bond acceptors (Lipinski definition) is 5. The van der Waals surface area contributed by atoms with Crippen molar-refractivity contribution in [1.82, 2.24) is 0 Å². The molecule has 8 heteroatoms. The van der Waals surface area contributed by atoms with Crippen molar-refractivity contribution in [3.05, 3.63) is 59.1 Å². The lowest BCUT2D eigenvalue weighted by Gasteiger charge is -2.16. The minimum Gasteiger partial charge on any atom is -0.497 e. The number of ether oxygens (including phenoxy) is 2. The largest absolute Gasteiger partial charge is 0.497 e. The van der Waals surface area contributed by atoms with Crippen LogP contribution in [0.2, 0.25) is 5.02 Å². The van der Waals surface area contributed by atoms with Gasteiger partial charge in [-0.15, -0.1) is 11.6 Å². The Hall–Kier alpha value is -2.57. The van der Waals surface area contributed by atoms with Gasteiger partial charge in [-0.05, 0) is 48.5 Å². The number of nitrogens with one attached hydrogen (secondary N) is 1. The molecule has 0 radical (unpaired) electrons. The highest BCUT2D eigenvalue weighted by atomic mass is 35.5. The number of esters is 1. The average Bonchev–Trinajstić information content (AvgIpc) is 2.72. The van der Waals surface area contributed by atoms with Gasteiger partial charge in [0.2, 0.25) is 11.7 Å². The molecule has 0 heterocycles. The maximum atomic E-state index is 12.5. The maximum absolute atomic E-state index is 12.5. The number of benzene rings is 2. The third-order valence-electron chi connectivity index (χ3n) is 4.00. The first kappa shape index (κ1) is 22.7. The van der Waals surface area contributed by atoms with Gasteiger partial charge in [0.05, 0.1) is 13.5 Å². The van der Waals surface area contributed by atoms with E-state index in [-0.39, 0.29) is 36.8 Å². The zero-order valence-corrected chi connectivity index (χ0v) is 17.3. The van der Waals surface area contributed by atoms with E-state index in [0.29, 0.717) is 22.0 Å². The summed E-state index contributed by atoms with van der Waals surface area (Å²) in [5.74, 6) is -0.534. The van der Waals surface area contributed by atoms with E-state index in [1.807, 2.05) is 0 Å². The smallest absolute Gasteiger partial charge is 0.307 e. The van der Waals surface area contributed by atoms with Crippen LogP contribution in [0.15, 0.2) is 48.5 Å².